The highest BCUT2D eigenvalue weighted by Gasteiger charge is 2.25. The maximum Gasteiger partial charge on any atom is 0.329 e. The van der Waals surface area contributed by atoms with E-state index in [-0.39, 0.29) is 12.5 Å². The molecule has 0 N–H and O–H groups in total. The number of hydrogen-bond acceptors (Lipinski definition) is 4. The number of esters is 1. The van der Waals surface area contributed by atoms with E-state index in [4.69, 9.17) is 9.47 Å². The standard InChI is InChI=1S/C17H24FNO4/c1-5-22-8-7-13-10-14(18)16(20)19(11-13)15(9-12(3)4)17(21)23-6-2/h7-8,10-12,15H,5-6,9H2,1-4H3/b8-7+. The Bertz CT molecular complexity index is 607. The SMILES string of the molecule is CCO/C=C/c1cc(F)c(=O)n(C(CC(C)C)C(=O)OCC)c1. The summed E-state index contributed by atoms with van der Waals surface area (Å²) in [6, 6.07) is 0.267. The van der Waals surface area contributed by atoms with Crippen molar-refractivity contribution in [2.45, 2.75) is 40.2 Å². The van der Waals surface area contributed by atoms with Gasteiger partial charge in [0.2, 0.25) is 0 Å². The first-order valence-electron chi connectivity index (χ1n) is 7.77. The molecule has 128 valence electrons. The summed E-state index contributed by atoms with van der Waals surface area (Å²) in [6.45, 7) is 8.05. The van der Waals surface area contributed by atoms with E-state index in [1.165, 1.54) is 12.5 Å². The quantitative estimate of drug-likeness (QED) is 0.544. The van der Waals surface area contributed by atoms with Crippen molar-refractivity contribution in [1.29, 1.82) is 0 Å². The topological polar surface area (TPSA) is 57.5 Å². The van der Waals surface area contributed by atoms with Crippen LogP contribution in [0.4, 0.5) is 4.39 Å². The highest BCUT2D eigenvalue weighted by molar-refractivity contribution is 5.74. The van der Waals surface area contributed by atoms with Crippen LogP contribution < -0.4 is 5.56 Å². The van der Waals surface area contributed by atoms with Gasteiger partial charge in [0.05, 0.1) is 19.5 Å². The van der Waals surface area contributed by atoms with E-state index < -0.39 is 23.4 Å². The number of nitrogens with zero attached hydrogens (tertiary/aromatic N) is 1. The fourth-order valence-electron chi connectivity index (χ4n) is 2.14. The van der Waals surface area contributed by atoms with Crippen LogP contribution in [-0.2, 0) is 14.3 Å². The molecular formula is C17H24FNO4. The molecule has 0 aliphatic rings. The van der Waals surface area contributed by atoms with Crippen molar-refractivity contribution in [2.24, 2.45) is 5.92 Å². The molecule has 0 aliphatic carbocycles. The van der Waals surface area contributed by atoms with E-state index in [0.29, 0.717) is 18.6 Å². The van der Waals surface area contributed by atoms with Gasteiger partial charge in [-0.1, -0.05) is 13.8 Å². The normalized spacial score (nSPS) is 12.6. The van der Waals surface area contributed by atoms with E-state index in [0.717, 1.165) is 10.6 Å². The third-order valence-corrected chi connectivity index (χ3v) is 3.13. The number of pyridine rings is 1. The van der Waals surface area contributed by atoms with E-state index in [2.05, 4.69) is 0 Å². The van der Waals surface area contributed by atoms with Crippen LogP contribution in [0.2, 0.25) is 0 Å². The smallest absolute Gasteiger partial charge is 0.329 e. The second-order valence-electron chi connectivity index (χ2n) is 5.49. The monoisotopic (exact) mass is 325 g/mol. The molecule has 1 unspecified atom stereocenters. The van der Waals surface area contributed by atoms with Gasteiger partial charge in [0.1, 0.15) is 6.04 Å². The Morgan fingerprint density at radius 2 is 2.04 bits per heavy atom. The molecule has 0 spiro atoms. The molecule has 5 nitrogen and oxygen atoms in total. The van der Waals surface area contributed by atoms with Crippen LogP contribution in [0.25, 0.3) is 6.08 Å². The Balaban J connectivity index is 3.28. The van der Waals surface area contributed by atoms with Crippen molar-refractivity contribution in [3.05, 3.63) is 40.3 Å². The van der Waals surface area contributed by atoms with Crippen molar-refractivity contribution >= 4 is 12.0 Å². The van der Waals surface area contributed by atoms with Gasteiger partial charge in [0.15, 0.2) is 5.82 Å². The number of hydrogen-bond donors (Lipinski definition) is 0. The van der Waals surface area contributed by atoms with Crippen molar-refractivity contribution in [2.75, 3.05) is 13.2 Å². The third-order valence-electron chi connectivity index (χ3n) is 3.13. The first-order valence-corrected chi connectivity index (χ1v) is 7.77. The first-order chi connectivity index (χ1) is 10.9. The first kappa shape index (κ1) is 18.9. The van der Waals surface area contributed by atoms with E-state index in [1.807, 2.05) is 20.8 Å². The largest absolute Gasteiger partial charge is 0.501 e. The maximum absolute atomic E-state index is 13.9. The van der Waals surface area contributed by atoms with Crippen LogP contribution in [0, 0.1) is 11.7 Å². The average Bonchev–Trinajstić information content (AvgIpc) is 2.48. The number of halogens is 1. The lowest BCUT2D eigenvalue weighted by Crippen LogP contribution is -2.33. The number of ether oxygens (including phenoxy) is 2. The van der Waals surface area contributed by atoms with Gasteiger partial charge in [-0.25, -0.2) is 9.18 Å². The summed E-state index contributed by atoms with van der Waals surface area (Å²) in [5.74, 6) is -1.31. The van der Waals surface area contributed by atoms with E-state index in [9.17, 15) is 14.0 Å². The summed E-state index contributed by atoms with van der Waals surface area (Å²) in [5.41, 5.74) is -0.397. The molecule has 23 heavy (non-hydrogen) atoms. The van der Waals surface area contributed by atoms with Crippen molar-refractivity contribution < 1.29 is 18.7 Å². The molecule has 0 saturated heterocycles. The maximum atomic E-state index is 13.9. The molecule has 1 heterocycles. The zero-order valence-electron chi connectivity index (χ0n) is 14.0. The molecule has 0 aliphatic heterocycles. The minimum Gasteiger partial charge on any atom is -0.501 e. The Hall–Kier alpha value is -2.11. The average molecular weight is 325 g/mol. The zero-order valence-corrected chi connectivity index (χ0v) is 14.0. The highest BCUT2D eigenvalue weighted by atomic mass is 19.1. The summed E-state index contributed by atoms with van der Waals surface area (Å²) < 4.78 is 25.2. The van der Waals surface area contributed by atoms with Gasteiger partial charge in [-0.05, 0) is 43.9 Å². The number of rotatable bonds is 8. The lowest BCUT2D eigenvalue weighted by atomic mass is 10.0. The van der Waals surface area contributed by atoms with Crippen LogP contribution in [0.1, 0.15) is 45.7 Å². The number of aromatic nitrogens is 1. The van der Waals surface area contributed by atoms with Crippen molar-refractivity contribution in [1.82, 2.24) is 4.57 Å². The van der Waals surface area contributed by atoms with Crippen LogP contribution in [-0.4, -0.2) is 23.8 Å². The minimum atomic E-state index is -0.915. The second kappa shape index (κ2) is 9.12. The number of carbonyl (C=O) groups excluding carboxylic acids is 1. The molecule has 0 radical (unpaired) electrons. The van der Waals surface area contributed by atoms with Gasteiger partial charge in [0.25, 0.3) is 5.56 Å². The molecule has 0 fully saturated rings. The predicted octanol–water partition coefficient (Wildman–Crippen LogP) is 3.14. The zero-order chi connectivity index (χ0) is 17.4. The van der Waals surface area contributed by atoms with Gasteiger partial charge in [-0.3, -0.25) is 9.36 Å². The third kappa shape index (κ3) is 5.54. The Morgan fingerprint density at radius 1 is 1.35 bits per heavy atom. The van der Waals surface area contributed by atoms with Crippen molar-refractivity contribution in [3.8, 4) is 0 Å². The van der Waals surface area contributed by atoms with Crippen LogP contribution in [0.3, 0.4) is 0 Å². The summed E-state index contributed by atoms with van der Waals surface area (Å²) in [7, 11) is 0. The van der Waals surface area contributed by atoms with Gasteiger partial charge >= 0.3 is 5.97 Å². The molecule has 0 saturated carbocycles. The van der Waals surface area contributed by atoms with Gasteiger partial charge in [-0.2, -0.15) is 0 Å². The predicted molar refractivity (Wildman–Crippen MR) is 86.4 cm³/mol. The summed E-state index contributed by atoms with van der Waals surface area (Å²) >= 11 is 0. The lowest BCUT2D eigenvalue weighted by molar-refractivity contribution is -0.147. The Labute approximate surface area is 135 Å². The second-order valence-corrected chi connectivity index (χ2v) is 5.49. The molecule has 0 aromatic carbocycles. The van der Waals surface area contributed by atoms with Gasteiger partial charge in [0, 0.05) is 6.20 Å². The van der Waals surface area contributed by atoms with Crippen LogP contribution in [0.5, 0.6) is 0 Å². The molecule has 6 heteroatoms. The molecule has 1 rings (SSSR count). The minimum absolute atomic E-state index is 0.141. The fraction of sp³-hybridized carbons (Fsp3) is 0.529. The Morgan fingerprint density at radius 3 is 2.61 bits per heavy atom. The highest BCUT2D eigenvalue weighted by Crippen LogP contribution is 2.19. The lowest BCUT2D eigenvalue weighted by Gasteiger charge is -2.20. The molecule has 0 amide bonds. The molecule has 0 bridgehead atoms. The summed E-state index contributed by atoms with van der Waals surface area (Å²) in [4.78, 5) is 24.3. The van der Waals surface area contributed by atoms with Gasteiger partial charge < -0.3 is 9.47 Å². The molecule has 1 aromatic heterocycles. The van der Waals surface area contributed by atoms with Crippen LogP contribution in [0.15, 0.2) is 23.3 Å². The van der Waals surface area contributed by atoms with E-state index >= 15 is 0 Å². The number of carbonyl (C=O) groups is 1. The molecular weight excluding hydrogens is 301 g/mol. The van der Waals surface area contributed by atoms with E-state index in [1.54, 1.807) is 13.0 Å². The Kier molecular flexibility index (Phi) is 7.51. The summed E-state index contributed by atoms with van der Waals surface area (Å²) in [6.07, 6.45) is 4.80. The van der Waals surface area contributed by atoms with Gasteiger partial charge in [-0.15, -0.1) is 0 Å². The fourth-order valence-corrected chi connectivity index (χ4v) is 2.14. The summed E-state index contributed by atoms with van der Waals surface area (Å²) in [5, 5.41) is 0. The molecule has 1 atom stereocenters. The van der Waals surface area contributed by atoms with Crippen molar-refractivity contribution in [3.63, 3.8) is 0 Å². The van der Waals surface area contributed by atoms with Crippen LogP contribution >= 0.6 is 0 Å². The molecule has 1 aromatic rings.